The first-order valence-electron chi connectivity index (χ1n) is 13.4. The number of carbonyl (C=O) groups is 2. The van der Waals surface area contributed by atoms with Crippen molar-refractivity contribution in [3.05, 3.63) is 95.8 Å². The van der Waals surface area contributed by atoms with Crippen LogP contribution in [0, 0.1) is 5.82 Å². The lowest BCUT2D eigenvalue weighted by Crippen LogP contribution is -2.52. The Morgan fingerprint density at radius 2 is 1.46 bits per heavy atom. The summed E-state index contributed by atoms with van der Waals surface area (Å²) in [5.41, 5.74) is 1.80. The number of nitrogens with zero attached hydrogens (tertiary/aromatic N) is 2. The van der Waals surface area contributed by atoms with Gasteiger partial charge in [0, 0.05) is 32.6 Å². The highest BCUT2D eigenvalue weighted by molar-refractivity contribution is 5.91. The molecule has 1 fully saturated rings. The highest BCUT2D eigenvalue weighted by Crippen LogP contribution is 2.22. The van der Waals surface area contributed by atoms with Gasteiger partial charge < -0.3 is 19.7 Å². The van der Waals surface area contributed by atoms with E-state index in [4.69, 9.17) is 9.47 Å². The Morgan fingerprint density at radius 1 is 0.846 bits per heavy atom. The molecule has 1 aliphatic heterocycles. The summed E-state index contributed by atoms with van der Waals surface area (Å²) in [4.78, 5) is 30.7. The van der Waals surface area contributed by atoms with Crippen LogP contribution in [0.2, 0.25) is 0 Å². The van der Waals surface area contributed by atoms with E-state index >= 15 is 0 Å². The van der Waals surface area contributed by atoms with Crippen LogP contribution < -0.4 is 10.1 Å². The van der Waals surface area contributed by atoms with Crippen LogP contribution in [-0.4, -0.2) is 73.4 Å². The van der Waals surface area contributed by atoms with Gasteiger partial charge in [-0.2, -0.15) is 0 Å². The third-order valence-electron chi connectivity index (χ3n) is 6.75. The van der Waals surface area contributed by atoms with E-state index in [0.29, 0.717) is 18.1 Å². The molecule has 0 saturated carbocycles. The van der Waals surface area contributed by atoms with Crippen molar-refractivity contribution in [1.82, 2.24) is 15.1 Å². The first-order valence-corrected chi connectivity index (χ1v) is 13.4. The molecule has 1 N–H and O–H groups in total. The van der Waals surface area contributed by atoms with Crippen LogP contribution in [0.1, 0.15) is 18.1 Å². The summed E-state index contributed by atoms with van der Waals surface area (Å²) >= 11 is 0. The van der Waals surface area contributed by atoms with Gasteiger partial charge in [0.2, 0.25) is 5.91 Å². The molecule has 0 bridgehead atoms. The van der Waals surface area contributed by atoms with Crippen molar-refractivity contribution in [2.75, 3.05) is 45.9 Å². The third-order valence-corrected chi connectivity index (χ3v) is 6.75. The van der Waals surface area contributed by atoms with Crippen LogP contribution in [0.5, 0.6) is 11.5 Å². The summed E-state index contributed by atoms with van der Waals surface area (Å²) in [7, 11) is 0. The average molecular weight is 534 g/mol. The van der Waals surface area contributed by atoms with E-state index in [1.165, 1.54) is 12.1 Å². The number of nitrogens with one attached hydrogen (secondary N) is 1. The van der Waals surface area contributed by atoms with Crippen molar-refractivity contribution in [3.8, 4) is 11.5 Å². The van der Waals surface area contributed by atoms with Gasteiger partial charge in [0.25, 0.3) is 0 Å². The molecule has 0 aliphatic carbocycles. The second kappa shape index (κ2) is 14.5. The standard InChI is InChI=1S/C31H36FN3O4/c1-2-34-16-18-35(19-17-34)21-31(37)33-29(23-38-22-25-6-4-3-5-7-25)30(36)20-24-8-12-27(13-9-24)39-28-14-10-26(32)11-15-28/h3-15,29H,2,16-23H2,1H3,(H,33,37)/t29-/m0/s1. The molecule has 0 unspecified atom stereocenters. The monoisotopic (exact) mass is 533 g/mol. The molecule has 8 heteroatoms. The number of likely N-dealkylation sites (N-methyl/N-ethyl adjacent to an activating group) is 1. The van der Waals surface area contributed by atoms with E-state index in [9.17, 15) is 14.0 Å². The predicted molar refractivity (Wildman–Crippen MR) is 148 cm³/mol. The Labute approximate surface area is 229 Å². The lowest BCUT2D eigenvalue weighted by molar-refractivity contribution is -0.130. The second-order valence-corrected chi connectivity index (χ2v) is 9.67. The number of hydrogen-bond donors (Lipinski definition) is 1. The molecule has 1 aliphatic rings. The summed E-state index contributed by atoms with van der Waals surface area (Å²) in [6, 6.07) is 21.9. The lowest BCUT2D eigenvalue weighted by atomic mass is 10.0. The minimum Gasteiger partial charge on any atom is -0.457 e. The molecule has 1 heterocycles. The van der Waals surface area contributed by atoms with Crippen molar-refractivity contribution in [2.24, 2.45) is 0 Å². The number of ketones is 1. The van der Waals surface area contributed by atoms with Crippen LogP contribution >= 0.6 is 0 Å². The molecule has 0 spiro atoms. The molecular formula is C31H36FN3O4. The number of halogens is 1. The fraction of sp³-hybridized carbons (Fsp3) is 0.355. The van der Waals surface area contributed by atoms with Gasteiger partial charge >= 0.3 is 0 Å². The molecule has 0 aromatic heterocycles. The maximum atomic E-state index is 13.3. The highest BCUT2D eigenvalue weighted by Gasteiger charge is 2.24. The number of ether oxygens (including phenoxy) is 2. The highest BCUT2D eigenvalue weighted by atomic mass is 19.1. The Bertz CT molecular complexity index is 1180. The first-order chi connectivity index (χ1) is 19.0. The maximum Gasteiger partial charge on any atom is 0.234 e. The van der Waals surface area contributed by atoms with Gasteiger partial charge in [0.1, 0.15) is 23.4 Å². The summed E-state index contributed by atoms with van der Waals surface area (Å²) in [6.45, 7) is 7.39. The summed E-state index contributed by atoms with van der Waals surface area (Å²) in [6.07, 6.45) is 0.144. The molecule has 3 aromatic rings. The van der Waals surface area contributed by atoms with E-state index < -0.39 is 6.04 Å². The van der Waals surface area contributed by atoms with E-state index in [1.54, 1.807) is 24.3 Å². The van der Waals surface area contributed by atoms with Crippen molar-refractivity contribution in [3.63, 3.8) is 0 Å². The van der Waals surface area contributed by atoms with Crippen LogP contribution in [-0.2, 0) is 27.4 Å². The van der Waals surface area contributed by atoms with Crippen molar-refractivity contribution >= 4 is 11.7 Å². The predicted octanol–water partition coefficient (Wildman–Crippen LogP) is 4.07. The minimum atomic E-state index is -0.756. The number of carbonyl (C=O) groups excluding carboxylic acids is 2. The quantitative estimate of drug-likeness (QED) is 0.357. The SMILES string of the molecule is CCN1CCN(CC(=O)N[C@@H](COCc2ccccc2)C(=O)Cc2ccc(Oc3ccc(F)cc3)cc2)CC1. The van der Waals surface area contributed by atoms with E-state index in [2.05, 4.69) is 22.0 Å². The number of amides is 1. The normalized spacial score (nSPS) is 15.0. The Morgan fingerprint density at radius 3 is 2.10 bits per heavy atom. The molecule has 3 aromatic carbocycles. The van der Waals surface area contributed by atoms with Gasteiger partial charge in [0.05, 0.1) is 19.8 Å². The Kier molecular flexibility index (Phi) is 10.6. The number of piperazine rings is 1. The third kappa shape index (κ3) is 9.28. The molecule has 0 radical (unpaired) electrons. The van der Waals surface area contributed by atoms with Crippen molar-refractivity contribution in [2.45, 2.75) is 26.0 Å². The molecule has 39 heavy (non-hydrogen) atoms. The Balaban J connectivity index is 1.34. The molecule has 206 valence electrons. The maximum absolute atomic E-state index is 13.3. The van der Waals surface area contributed by atoms with Gasteiger partial charge in [-0.1, -0.05) is 49.4 Å². The van der Waals surface area contributed by atoms with Crippen molar-refractivity contribution in [1.29, 1.82) is 0 Å². The average Bonchev–Trinajstić information content (AvgIpc) is 2.95. The fourth-order valence-electron chi connectivity index (χ4n) is 4.43. The zero-order valence-electron chi connectivity index (χ0n) is 22.4. The molecule has 1 atom stereocenters. The smallest absolute Gasteiger partial charge is 0.234 e. The fourth-order valence-corrected chi connectivity index (χ4v) is 4.43. The van der Waals surface area contributed by atoms with Gasteiger partial charge in [0.15, 0.2) is 5.78 Å². The zero-order valence-corrected chi connectivity index (χ0v) is 22.4. The molecule has 7 nitrogen and oxygen atoms in total. The van der Waals surface area contributed by atoms with Crippen LogP contribution in [0.15, 0.2) is 78.9 Å². The number of benzene rings is 3. The number of Topliss-reactive ketones (excluding diaryl/α,β-unsaturated/α-hetero) is 1. The molecule has 1 saturated heterocycles. The minimum absolute atomic E-state index is 0.0921. The van der Waals surface area contributed by atoms with Crippen LogP contribution in [0.25, 0.3) is 0 Å². The van der Waals surface area contributed by atoms with Gasteiger partial charge in [-0.3, -0.25) is 14.5 Å². The molecule has 1 amide bonds. The Hall–Kier alpha value is -3.59. The second-order valence-electron chi connectivity index (χ2n) is 9.67. The van der Waals surface area contributed by atoms with E-state index in [-0.39, 0.29) is 37.1 Å². The van der Waals surface area contributed by atoms with E-state index in [0.717, 1.165) is 43.9 Å². The van der Waals surface area contributed by atoms with Gasteiger partial charge in [-0.15, -0.1) is 0 Å². The molecule has 4 rings (SSSR count). The largest absolute Gasteiger partial charge is 0.457 e. The van der Waals surface area contributed by atoms with Gasteiger partial charge in [-0.25, -0.2) is 4.39 Å². The summed E-state index contributed by atoms with van der Waals surface area (Å²) in [5.74, 6) is 0.473. The first kappa shape index (κ1) is 28.4. The lowest BCUT2D eigenvalue weighted by Gasteiger charge is -2.33. The van der Waals surface area contributed by atoms with Crippen LogP contribution in [0.3, 0.4) is 0 Å². The van der Waals surface area contributed by atoms with Gasteiger partial charge in [-0.05, 0) is 54.1 Å². The molecular weight excluding hydrogens is 497 g/mol. The number of hydrogen-bond acceptors (Lipinski definition) is 6. The zero-order chi connectivity index (χ0) is 27.5. The summed E-state index contributed by atoms with van der Waals surface area (Å²) in [5, 5.41) is 2.92. The summed E-state index contributed by atoms with van der Waals surface area (Å²) < 4.78 is 24.7. The number of rotatable bonds is 13. The van der Waals surface area contributed by atoms with E-state index in [1.807, 2.05) is 42.5 Å². The topological polar surface area (TPSA) is 71.1 Å². The van der Waals surface area contributed by atoms with Crippen molar-refractivity contribution < 1.29 is 23.5 Å². The van der Waals surface area contributed by atoms with Crippen LogP contribution in [0.4, 0.5) is 4.39 Å².